The number of carboxylic acid groups (broad SMARTS) is 1. The minimum absolute atomic E-state index is 0.0230. The molecule has 0 bridgehead atoms. The largest absolute Gasteiger partial charge is 0.465 e. The highest BCUT2D eigenvalue weighted by atomic mass is 16.4. The SMILES string of the molecule is C=CCCC(=O)C1(C(C)(C)C)CCCN1C(=O)O. The average molecular weight is 253 g/mol. The summed E-state index contributed by atoms with van der Waals surface area (Å²) in [5.41, 5.74) is -1.26. The standard InChI is InChI=1S/C14H23NO3/c1-5-6-8-11(16)14(13(2,3)4)9-7-10-15(14)12(17)18/h5H,1,6-10H2,2-4H3,(H,17,18). The molecule has 1 fully saturated rings. The normalized spacial score (nSPS) is 24.1. The average Bonchev–Trinajstić information content (AvgIpc) is 2.70. The van der Waals surface area contributed by atoms with Crippen molar-refractivity contribution in [2.75, 3.05) is 6.54 Å². The first-order chi connectivity index (χ1) is 8.27. The highest BCUT2D eigenvalue weighted by molar-refractivity contribution is 5.93. The molecule has 1 N–H and O–H groups in total. The van der Waals surface area contributed by atoms with Crippen LogP contribution in [-0.4, -0.2) is 34.0 Å². The van der Waals surface area contributed by atoms with Crippen LogP contribution in [0.15, 0.2) is 12.7 Å². The van der Waals surface area contributed by atoms with E-state index in [2.05, 4.69) is 6.58 Å². The van der Waals surface area contributed by atoms with Crippen LogP contribution in [-0.2, 0) is 4.79 Å². The Bertz CT molecular complexity index is 357. The summed E-state index contributed by atoms with van der Waals surface area (Å²) in [5, 5.41) is 9.34. The molecular formula is C14H23NO3. The van der Waals surface area contributed by atoms with Gasteiger partial charge in [0.25, 0.3) is 0 Å². The summed E-state index contributed by atoms with van der Waals surface area (Å²) in [6.45, 7) is 9.90. The lowest BCUT2D eigenvalue weighted by Gasteiger charge is -2.45. The fourth-order valence-corrected chi connectivity index (χ4v) is 3.01. The first-order valence-corrected chi connectivity index (χ1v) is 6.42. The van der Waals surface area contributed by atoms with Gasteiger partial charge in [-0.25, -0.2) is 4.79 Å². The van der Waals surface area contributed by atoms with Gasteiger partial charge in [0.1, 0.15) is 5.54 Å². The molecule has 102 valence electrons. The van der Waals surface area contributed by atoms with Gasteiger partial charge in [0.05, 0.1) is 0 Å². The zero-order valence-electron chi connectivity index (χ0n) is 11.5. The van der Waals surface area contributed by atoms with Crippen molar-refractivity contribution in [2.24, 2.45) is 5.41 Å². The number of amides is 1. The lowest BCUT2D eigenvalue weighted by atomic mass is 9.68. The van der Waals surface area contributed by atoms with E-state index in [4.69, 9.17) is 0 Å². The van der Waals surface area contributed by atoms with Crippen molar-refractivity contribution in [3.05, 3.63) is 12.7 Å². The van der Waals surface area contributed by atoms with Gasteiger partial charge in [0.15, 0.2) is 5.78 Å². The number of carbonyl (C=O) groups excluding carboxylic acids is 1. The molecule has 1 heterocycles. The van der Waals surface area contributed by atoms with E-state index < -0.39 is 11.6 Å². The third kappa shape index (κ3) is 2.28. The summed E-state index contributed by atoms with van der Waals surface area (Å²) in [6, 6.07) is 0. The molecule has 1 saturated heterocycles. The summed E-state index contributed by atoms with van der Waals surface area (Å²) in [6.07, 6.45) is 3.06. The van der Waals surface area contributed by atoms with Crippen LogP contribution in [0.5, 0.6) is 0 Å². The lowest BCUT2D eigenvalue weighted by Crippen LogP contribution is -2.60. The van der Waals surface area contributed by atoms with Gasteiger partial charge in [-0.15, -0.1) is 6.58 Å². The van der Waals surface area contributed by atoms with Gasteiger partial charge in [-0.3, -0.25) is 9.69 Å². The van der Waals surface area contributed by atoms with E-state index in [1.54, 1.807) is 6.08 Å². The van der Waals surface area contributed by atoms with Crippen molar-refractivity contribution in [3.63, 3.8) is 0 Å². The molecule has 0 radical (unpaired) electrons. The Labute approximate surface area is 109 Å². The Morgan fingerprint density at radius 3 is 2.50 bits per heavy atom. The minimum Gasteiger partial charge on any atom is -0.465 e. The van der Waals surface area contributed by atoms with Crippen LogP contribution in [0, 0.1) is 5.41 Å². The summed E-state index contributed by atoms with van der Waals surface area (Å²) in [5.74, 6) is 0.0230. The van der Waals surface area contributed by atoms with Crippen LogP contribution in [0.25, 0.3) is 0 Å². The van der Waals surface area contributed by atoms with E-state index in [0.29, 0.717) is 25.8 Å². The predicted molar refractivity (Wildman–Crippen MR) is 70.6 cm³/mol. The molecule has 18 heavy (non-hydrogen) atoms. The second-order valence-corrected chi connectivity index (χ2v) is 5.90. The zero-order chi connectivity index (χ0) is 14.0. The number of Topliss-reactive ketones (excluding diaryl/α,β-unsaturated/α-hetero) is 1. The number of rotatable bonds is 4. The third-order valence-corrected chi connectivity index (χ3v) is 3.89. The molecule has 1 rings (SSSR count). The number of hydrogen-bond acceptors (Lipinski definition) is 2. The first-order valence-electron chi connectivity index (χ1n) is 6.42. The Morgan fingerprint density at radius 2 is 2.06 bits per heavy atom. The van der Waals surface area contributed by atoms with E-state index in [0.717, 1.165) is 6.42 Å². The zero-order valence-corrected chi connectivity index (χ0v) is 11.5. The molecule has 0 aromatic carbocycles. The second-order valence-electron chi connectivity index (χ2n) is 5.90. The van der Waals surface area contributed by atoms with Gasteiger partial charge in [-0.05, 0) is 24.7 Å². The molecule has 0 aromatic rings. The van der Waals surface area contributed by atoms with E-state index in [-0.39, 0.29) is 11.2 Å². The molecule has 4 nitrogen and oxygen atoms in total. The first kappa shape index (κ1) is 14.7. The van der Waals surface area contributed by atoms with Gasteiger partial charge < -0.3 is 5.11 Å². The molecule has 0 saturated carbocycles. The Morgan fingerprint density at radius 1 is 1.44 bits per heavy atom. The van der Waals surface area contributed by atoms with Crippen LogP contribution in [0.4, 0.5) is 4.79 Å². The molecule has 1 amide bonds. The maximum atomic E-state index is 12.5. The summed E-state index contributed by atoms with van der Waals surface area (Å²) >= 11 is 0. The van der Waals surface area contributed by atoms with Gasteiger partial charge in [0.2, 0.25) is 0 Å². The van der Waals surface area contributed by atoms with Crippen molar-refractivity contribution in [1.29, 1.82) is 0 Å². The quantitative estimate of drug-likeness (QED) is 0.783. The van der Waals surface area contributed by atoms with Crippen LogP contribution >= 0.6 is 0 Å². The molecule has 4 heteroatoms. The van der Waals surface area contributed by atoms with Crippen molar-refractivity contribution < 1.29 is 14.7 Å². The van der Waals surface area contributed by atoms with Gasteiger partial charge in [-0.2, -0.15) is 0 Å². The maximum Gasteiger partial charge on any atom is 0.408 e. The minimum atomic E-state index is -0.991. The highest BCUT2D eigenvalue weighted by Gasteiger charge is 2.56. The molecule has 1 atom stereocenters. The van der Waals surface area contributed by atoms with E-state index >= 15 is 0 Å². The Balaban J connectivity index is 3.14. The van der Waals surface area contributed by atoms with Crippen molar-refractivity contribution in [3.8, 4) is 0 Å². The predicted octanol–water partition coefficient (Wildman–Crippen LogP) is 3.08. The monoisotopic (exact) mass is 253 g/mol. The number of hydrogen-bond donors (Lipinski definition) is 1. The molecule has 1 unspecified atom stereocenters. The molecule has 1 aliphatic heterocycles. The second kappa shape index (κ2) is 5.12. The highest BCUT2D eigenvalue weighted by Crippen LogP contribution is 2.45. The Hall–Kier alpha value is -1.32. The number of ketones is 1. The lowest BCUT2D eigenvalue weighted by molar-refractivity contribution is -0.135. The van der Waals surface area contributed by atoms with E-state index in [9.17, 15) is 14.7 Å². The van der Waals surface area contributed by atoms with Crippen LogP contribution in [0.2, 0.25) is 0 Å². The summed E-state index contributed by atoms with van der Waals surface area (Å²) in [7, 11) is 0. The topological polar surface area (TPSA) is 57.6 Å². The van der Waals surface area contributed by atoms with Crippen molar-refractivity contribution in [2.45, 2.75) is 52.0 Å². The van der Waals surface area contributed by atoms with Gasteiger partial charge in [0, 0.05) is 13.0 Å². The number of nitrogens with zero attached hydrogens (tertiary/aromatic N) is 1. The molecule has 0 spiro atoms. The van der Waals surface area contributed by atoms with Crippen LogP contribution in [0.3, 0.4) is 0 Å². The molecule has 0 aliphatic carbocycles. The molecule has 1 aliphatic rings. The maximum absolute atomic E-state index is 12.5. The number of carbonyl (C=O) groups is 2. The molecular weight excluding hydrogens is 230 g/mol. The number of likely N-dealkylation sites (tertiary alicyclic amines) is 1. The molecule has 0 aromatic heterocycles. The number of allylic oxidation sites excluding steroid dienone is 1. The fourth-order valence-electron chi connectivity index (χ4n) is 3.01. The van der Waals surface area contributed by atoms with Crippen LogP contribution in [0.1, 0.15) is 46.5 Å². The Kier molecular flexibility index (Phi) is 4.20. The smallest absolute Gasteiger partial charge is 0.408 e. The van der Waals surface area contributed by atoms with Crippen molar-refractivity contribution in [1.82, 2.24) is 4.90 Å². The fraction of sp³-hybridized carbons (Fsp3) is 0.714. The van der Waals surface area contributed by atoms with E-state index in [1.165, 1.54) is 4.90 Å². The van der Waals surface area contributed by atoms with E-state index in [1.807, 2.05) is 20.8 Å². The van der Waals surface area contributed by atoms with Gasteiger partial charge in [-0.1, -0.05) is 26.8 Å². The van der Waals surface area contributed by atoms with Gasteiger partial charge >= 0.3 is 6.09 Å². The third-order valence-electron chi connectivity index (χ3n) is 3.89. The van der Waals surface area contributed by atoms with Crippen molar-refractivity contribution >= 4 is 11.9 Å². The van der Waals surface area contributed by atoms with Crippen LogP contribution < -0.4 is 0 Å². The summed E-state index contributed by atoms with van der Waals surface area (Å²) < 4.78 is 0. The summed E-state index contributed by atoms with van der Waals surface area (Å²) in [4.78, 5) is 25.3.